The van der Waals surface area contributed by atoms with Crippen molar-refractivity contribution in [2.24, 2.45) is 5.92 Å². The summed E-state index contributed by atoms with van der Waals surface area (Å²) in [7, 11) is 0. The van der Waals surface area contributed by atoms with Gasteiger partial charge in [0.1, 0.15) is 6.17 Å². The highest BCUT2D eigenvalue weighted by Gasteiger charge is 2.32. The van der Waals surface area contributed by atoms with Gasteiger partial charge in [0.05, 0.1) is 5.56 Å². The number of benzene rings is 1. The molecule has 1 amide bonds. The molecule has 2 N–H and O–H groups in total. The van der Waals surface area contributed by atoms with Crippen molar-refractivity contribution in [2.45, 2.75) is 45.7 Å². The maximum atomic E-state index is 12.7. The lowest BCUT2D eigenvalue weighted by molar-refractivity contribution is -0.137. The van der Waals surface area contributed by atoms with Gasteiger partial charge in [0.15, 0.2) is 0 Å². The minimum Gasteiger partial charge on any atom is -0.481 e. The second-order valence-electron chi connectivity index (χ2n) is 6.08. The number of carbonyl (C=O) groups is 2. The Balaban J connectivity index is 2.01. The topological polar surface area (TPSA) is 69.6 Å². The highest BCUT2D eigenvalue weighted by atomic mass is 16.4. The van der Waals surface area contributed by atoms with Crippen molar-refractivity contribution >= 4 is 17.6 Å². The van der Waals surface area contributed by atoms with Crippen LogP contribution in [0.5, 0.6) is 0 Å². The summed E-state index contributed by atoms with van der Waals surface area (Å²) in [6, 6.07) is 7.59. The number of rotatable bonds is 7. The lowest BCUT2D eigenvalue weighted by Gasteiger charge is -2.40. The molecule has 5 heteroatoms. The number of carbonyl (C=O) groups excluding carboxylic acids is 1. The third-order valence-electron chi connectivity index (χ3n) is 3.98. The zero-order chi connectivity index (χ0) is 16.1. The predicted octanol–water partition coefficient (Wildman–Crippen LogP) is 3.18. The average Bonchev–Trinajstić information content (AvgIpc) is 2.48. The molecule has 1 aliphatic heterocycles. The van der Waals surface area contributed by atoms with E-state index in [0.717, 1.165) is 18.5 Å². The highest BCUT2D eigenvalue weighted by Crippen LogP contribution is 2.28. The normalized spacial score (nSPS) is 17.3. The summed E-state index contributed by atoms with van der Waals surface area (Å²) >= 11 is 0. The van der Waals surface area contributed by atoms with Gasteiger partial charge in [-0.3, -0.25) is 9.59 Å². The number of fused-ring (bicyclic) bond motifs is 1. The largest absolute Gasteiger partial charge is 0.481 e. The Bertz CT molecular complexity index is 542. The van der Waals surface area contributed by atoms with Crippen LogP contribution in [0.1, 0.15) is 49.9 Å². The fourth-order valence-corrected chi connectivity index (χ4v) is 2.82. The Morgan fingerprint density at radius 2 is 2.00 bits per heavy atom. The molecular formula is C17H24N2O3. The fourth-order valence-electron chi connectivity index (χ4n) is 2.82. The van der Waals surface area contributed by atoms with E-state index in [1.165, 1.54) is 0 Å². The molecule has 0 unspecified atom stereocenters. The molecule has 1 aromatic rings. The lowest BCUT2D eigenvalue weighted by Crippen LogP contribution is -2.51. The number of nitrogens with zero attached hydrogens (tertiary/aromatic N) is 1. The third-order valence-corrected chi connectivity index (χ3v) is 3.98. The van der Waals surface area contributed by atoms with Gasteiger partial charge < -0.3 is 15.3 Å². The number of para-hydroxylation sites is 1. The summed E-state index contributed by atoms with van der Waals surface area (Å²) in [6.45, 7) is 4.84. The van der Waals surface area contributed by atoms with Gasteiger partial charge in [-0.2, -0.15) is 0 Å². The van der Waals surface area contributed by atoms with Gasteiger partial charge in [0.2, 0.25) is 0 Å². The molecule has 0 saturated heterocycles. The van der Waals surface area contributed by atoms with Crippen molar-refractivity contribution in [3.63, 3.8) is 0 Å². The highest BCUT2D eigenvalue weighted by molar-refractivity contribution is 6.01. The molecule has 0 spiro atoms. The van der Waals surface area contributed by atoms with Crippen molar-refractivity contribution in [3.8, 4) is 0 Å². The van der Waals surface area contributed by atoms with Gasteiger partial charge in [0.25, 0.3) is 5.91 Å². The Hall–Kier alpha value is -2.04. The first-order valence-electron chi connectivity index (χ1n) is 7.89. The third kappa shape index (κ3) is 3.78. The van der Waals surface area contributed by atoms with Crippen LogP contribution in [0.2, 0.25) is 0 Å². The van der Waals surface area contributed by atoms with Crippen molar-refractivity contribution < 1.29 is 14.7 Å². The molecule has 0 radical (unpaired) electrons. The number of hydrogen-bond acceptors (Lipinski definition) is 3. The van der Waals surface area contributed by atoms with E-state index in [9.17, 15) is 9.59 Å². The number of anilines is 1. The van der Waals surface area contributed by atoms with Gasteiger partial charge in [-0.15, -0.1) is 0 Å². The number of aliphatic carboxylic acids is 1. The van der Waals surface area contributed by atoms with E-state index in [1.807, 2.05) is 29.2 Å². The molecule has 1 atom stereocenters. The van der Waals surface area contributed by atoms with Crippen LogP contribution >= 0.6 is 0 Å². The van der Waals surface area contributed by atoms with E-state index in [2.05, 4.69) is 19.2 Å². The van der Waals surface area contributed by atoms with Gasteiger partial charge in [-0.05, 0) is 30.9 Å². The van der Waals surface area contributed by atoms with Gasteiger partial charge in [-0.25, -0.2) is 0 Å². The van der Waals surface area contributed by atoms with Gasteiger partial charge >= 0.3 is 5.97 Å². The molecule has 22 heavy (non-hydrogen) atoms. The smallest absolute Gasteiger partial charge is 0.303 e. The van der Waals surface area contributed by atoms with Crippen molar-refractivity contribution in [1.29, 1.82) is 0 Å². The Labute approximate surface area is 131 Å². The van der Waals surface area contributed by atoms with E-state index in [4.69, 9.17) is 5.11 Å². The zero-order valence-corrected chi connectivity index (χ0v) is 13.2. The number of nitrogens with one attached hydrogen (secondary N) is 1. The monoisotopic (exact) mass is 304 g/mol. The maximum absolute atomic E-state index is 12.7. The molecule has 1 aliphatic rings. The molecular weight excluding hydrogens is 280 g/mol. The van der Waals surface area contributed by atoms with Gasteiger partial charge in [-0.1, -0.05) is 32.4 Å². The number of amides is 1. The van der Waals surface area contributed by atoms with Crippen molar-refractivity contribution in [2.75, 3.05) is 11.9 Å². The van der Waals surface area contributed by atoms with E-state index in [0.29, 0.717) is 24.4 Å². The van der Waals surface area contributed by atoms with Crippen LogP contribution in [-0.2, 0) is 4.79 Å². The minimum absolute atomic E-state index is 0.0122. The Morgan fingerprint density at radius 1 is 1.27 bits per heavy atom. The molecule has 0 fully saturated rings. The van der Waals surface area contributed by atoms with Crippen molar-refractivity contribution in [1.82, 2.24) is 4.90 Å². The summed E-state index contributed by atoms with van der Waals surface area (Å²) in [5, 5.41) is 12.1. The summed E-state index contributed by atoms with van der Waals surface area (Å²) in [5.41, 5.74) is 1.61. The molecule has 5 nitrogen and oxygen atoms in total. The lowest BCUT2D eigenvalue weighted by atomic mass is 10.0. The van der Waals surface area contributed by atoms with Crippen LogP contribution in [0.3, 0.4) is 0 Å². The summed E-state index contributed by atoms with van der Waals surface area (Å²) in [5.74, 6) is -0.396. The standard InChI is InChI=1S/C17H24N2O3/c1-12(2)16-18-14-9-6-5-8-13(14)17(22)19(16)11-7-3-4-10-15(20)21/h5-6,8-9,12,16,18H,3-4,7,10-11H2,1-2H3,(H,20,21)/t16-/m1/s1. The molecule has 1 heterocycles. The number of hydrogen-bond donors (Lipinski definition) is 2. The van der Waals surface area contributed by atoms with E-state index >= 15 is 0 Å². The van der Waals surface area contributed by atoms with Crippen molar-refractivity contribution in [3.05, 3.63) is 29.8 Å². The van der Waals surface area contributed by atoms with E-state index < -0.39 is 5.97 Å². The van der Waals surface area contributed by atoms with E-state index in [-0.39, 0.29) is 18.5 Å². The quantitative estimate of drug-likeness (QED) is 0.759. The molecule has 0 aromatic heterocycles. The first kappa shape index (κ1) is 16.3. The second kappa shape index (κ2) is 7.29. The zero-order valence-electron chi connectivity index (χ0n) is 13.2. The van der Waals surface area contributed by atoms with Crippen LogP contribution in [0.4, 0.5) is 5.69 Å². The summed E-state index contributed by atoms with van der Waals surface area (Å²) in [4.78, 5) is 25.1. The van der Waals surface area contributed by atoms with Crippen LogP contribution < -0.4 is 5.32 Å². The van der Waals surface area contributed by atoms with Crippen LogP contribution in [0.15, 0.2) is 24.3 Å². The van der Waals surface area contributed by atoms with Gasteiger partial charge in [0, 0.05) is 18.7 Å². The average molecular weight is 304 g/mol. The second-order valence-corrected chi connectivity index (χ2v) is 6.08. The number of carboxylic acid groups (broad SMARTS) is 1. The first-order chi connectivity index (χ1) is 10.5. The number of unbranched alkanes of at least 4 members (excludes halogenated alkanes) is 2. The SMILES string of the molecule is CC(C)[C@@H]1Nc2ccccc2C(=O)N1CCCCCC(=O)O. The maximum Gasteiger partial charge on any atom is 0.303 e. The fraction of sp³-hybridized carbons (Fsp3) is 0.529. The Morgan fingerprint density at radius 3 is 2.68 bits per heavy atom. The van der Waals surface area contributed by atoms with E-state index in [1.54, 1.807) is 0 Å². The molecule has 120 valence electrons. The minimum atomic E-state index is -0.760. The number of carboxylic acids is 1. The van der Waals surface area contributed by atoms with Crippen LogP contribution in [-0.4, -0.2) is 34.6 Å². The Kier molecular flexibility index (Phi) is 5.41. The first-order valence-corrected chi connectivity index (χ1v) is 7.89. The molecule has 2 rings (SSSR count). The molecule has 0 aliphatic carbocycles. The van der Waals surface area contributed by atoms with Crippen LogP contribution in [0.25, 0.3) is 0 Å². The molecule has 1 aromatic carbocycles. The molecule has 0 bridgehead atoms. The summed E-state index contributed by atoms with van der Waals surface area (Å²) in [6.07, 6.45) is 2.49. The molecule has 0 saturated carbocycles. The van der Waals surface area contributed by atoms with Crippen LogP contribution in [0, 0.1) is 5.92 Å². The predicted molar refractivity (Wildman–Crippen MR) is 85.8 cm³/mol. The summed E-state index contributed by atoms with van der Waals surface area (Å²) < 4.78 is 0.